The standard InChI is InChI=1S/C19H18N2O3/c1-4-14-8-7-9-15(12-14)21(2)18(22)13-20-19(23)16-10-5-6-11-17(16)24-3/h1,5-12H,13H2,2-3H3,(H,20,23). The number of hydrogen-bond acceptors (Lipinski definition) is 3. The van der Waals surface area contributed by atoms with Crippen molar-refractivity contribution in [3.05, 3.63) is 59.7 Å². The summed E-state index contributed by atoms with van der Waals surface area (Å²) >= 11 is 0. The molecule has 0 bridgehead atoms. The average Bonchev–Trinajstić information content (AvgIpc) is 2.65. The summed E-state index contributed by atoms with van der Waals surface area (Å²) < 4.78 is 5.14. The number of hydrogen-bond donors (Lipinski definition) is 1. The SMILES string of the molecule is C#Cc1cccc(N(C)C(=O)CNC(=O)c2ccccc2OC)c1. The third kappa shape index (κ3) is 3.93. The Hall–Kier alpha value is -3.26. The highest BCUT2D eigenvalue weighted by atomic mass is 16.5. The van der Waals surface area contributed by atoms with E-state index in [0.717, 1.165) is 0 Å². The van der Waals surface area contributed by atoms with Crippen molar-refractivity contribution in [2.45, 2.75) is 0 Å². The monoisotopic (exact) mass is 322 g/mol. The Kier molecular flexibility index (Phi) is 5.58. The van der Waals surface area contributed by atoms with Crippen LogP contribution in [0.1, 0.15) is 15.9 Å². The molecule has 2 amide bonds. The first kappa shape index (κ1) is 17.1. The summed E-state index contributed by atoms with van der Waals surface area (Å²) in [5, 5.41) is 2.60. The summed E-state index contributed by atoms with van der Waals surface area (Å²) in [6, 6.07) is 13.9. The number of carbonyl (C=O) groups excluding carboxylic acids is 2. The van der Waals surface area contributed by atoms with Crippen LogP contribution in [0.25, 0.3) is 0 Å². The van der Waals surface area contributed by atoms with Crippen LogP contribution in [0.2, 0.25) is 0 Å². The number of nitrogens with zero attached hydrogens (tertiary/aromatic N) is 1. The molecule has 0 atom stereocenters. The fraction of sp³-hybridized carbons (Fsp3) is 0.158. The van der Waals surface area contributed by atoms with E-state index < -0.39 is 0 Å². The van der Waals surface area contributed by atoms with Gasteiger partial charge in [-0.1, -0.05) is 24.1 Å². The molecule has 2 rings (SSSR count). The number of likely N-dealkylation sites (N-methyl/N-ethyl adjacent to an activating group) is 1. The highest BCUT2D eigenvalue weighted by Crippen LogP contribution is 2.17. The second-order valence-corrected chi connectivity index (χ2v) is 5.03. The largest absolute Gasteiger partial charge is 0.496 e. The van der Waals surface area contributed by atoms with Gasteiger partial charge in [-0.2, -0.15) is 0 Å². The Morgan fingerprint density at radius 3 is 2.67 bits per heavy atom. The van der Waals surface area contributed by atoms with Gasteiger partial charge in [0.25, 0.3) is 5.91 Å². The van der Waals surface area contributed by atoms with Gasteiger partial charge in [0.15, 0.2) is 0 Å². The number of anilines is 1. The van der Waals surface area contributed by atoms with Gasteiger partial charge in [0.1, 0.15) is 5.75 Å². The Bertz CT molecular complexity index is 793. The van der Waals surface area contributed by atoms with Crippen LogP contribution in [0.4, 0.5) is 5.69 Å². The number of methoxy groups -OCH3 is 1. The molecular weight excluding hydrogens is 304 g/mol. The molecule has 0 radical (unpaired) electrons. The molecule has 0 aliphatic heterocycles. The molecule has 0 aliphatic rings. The van der Waals surface area contributed by atoms with E-state index >= 15 is 0 Å². The van der Waals surface area contributed by atoms with Crippen LogP contribution in [0, 0.1) is 12.3 Å². The number of terminal acetylenes is 1. The normalized spacial score (nSPS) is 9.71. The van der Waals surface area contributed by atoms with Crippen LogP contribution >= 0.6 is 0 Å². The Labute approximate surface area is 141 Å². The molecule has 0 aliphatic carbocycles. The summed E-state index contributed by atoms with van der Waals surface area (Å²) in [6.45, 7) is -0.131. The molecule has 2 aromatic rings. The van der Waals surface area contributed by atoms with Crippen molar-refractivity contribution in [2.75, 3.05) is 25.6 Å². The third-order valence-electron chi connectivity index (χ3n) is 3.53. The number of nitrogens with one attached hydrogen (secondary N) is 1. The highest BCUT2D eigenvalue weighted by molar-refractivity contribution is 6.01. The van der Waals surface area contributed by atoms with Gasteiger partial charge in [-0.15, -0.1) is 6.42 Å². The number of benzene rings is 2. The molecule has 0 fully saturated rings. The van der Waals surface area contributed by atoms with E-state index in [4.69, 9.17) is 11.2 Å². The summed E-state index contributed by atoms with van der Waals surface area (Å²) in [7, 11) is 3.12. The Morgan fingerprint density at radius 1 is 1.21 bits per heavy atom. The molecule has 0 spiro atoms. The zero-order valence-corrected chi connectivity index (χ0v) is 13.6. The van der Waals surface area contributed by atoms with Crippen molar-refractivity contribution in [1.82, 2.24) is 5.32 Å². The lowest BCUT2D eigenvalue weighted by atomic mass is 10.2. The molecule has 0 saturated carbocycles. The second-order valence-electron chi connectivity index (χ2n) is 5.03. The van der Waals surface area contributed by atoms with Crippen molar-refractivity contribution in [1.29, 1.82) is 0 Å². The number of para-hydroxylation sites is 1. The number of carbonyl (C=O) groups is 2. The van der Waals surface area contributed by atoms with Crippen LogP contribution in [-0.4, -0.2) is 32.5 Å². The predicted octanol–water partition coefficient (Wildman–Crippen LogP) is 2.07. The number of amides is 2. The fourth-order valence-electron chi connectivity index (χ4n) is 2.15. The maximum absolute atomic E-state index is 12.3. The Morgan fingerprint density at radius 2 is 1.96 bits per heavy atom. The van der Waals surface area contributed by atoms with Crippen molar-refractivity contribution >= 4 is 17.5 Å². The lowest BCUT2D eigenvalue weighted by Crippen LogP contribution is -2.38. The lowest BCUT2D eigenvalue weighted by Gasteiger charge is -2.18. The van der Waals surface area contributed by atoms with Gasteiger partial charge in [0.05, 0.1) is 19.2 Å². The van der Waals surface area contributed by atoms with E-state index in [9.17, 15) is 9.59 Å². The van der Waals surface area contributed by atoms with Crippen molar-refractivity contribution in [2.24, 2.45) is 0 Å². The first-order valence-electron chi connectivity index (χ1n) is 7.31. The van der Waals surface area contributed by atoms with Crippen LogP contribution in [0.3, 0.4) is 0 Å². The van der Waals surface area contributed by atoms with E-state index in [1.165, 1.54) is 12.0 Å². The molecule has 0 saturated heterocycles. The van der Waals surface area contributed by atoms with E-state index in [0.29, 0.717) is 22.6 Å². The molecule has 5 heteroatoms. The molecule has 122 valence electrons. The molecule has 5 nitrogen and oxygen atoms in total. The van der Waals surface area contributed by atoms with Crippen LogP contribution < -0.4 is 15.0 Å². The van der Waals surface area contributed by atoms with Crippen LogP contribution in [0.15, 0.2) is 48.5 Å². The second kappa shape index (κ2) is 7.84. The van der Waals surface area contributed by atoms with Crippen molar-refractivity contribution in [3.8, 4) is 18.1 Å². The summed E-state index contributed by atoms with van der Waals surface area (Å²) in [5.74, 6) is 2.35. The predicted molar refractivity (Wildman–Crippen MR) is 93.1 cm³/mol. The zero-order chi connectivity index (χ0) is 17.5. The molecule has 2 aromatic carbocycles. The smallest absolute Gasteiger partial charge is 0.255 e. The van der Waals surface area contributed by atoms with E-state index in [1.54, 1.807) is 55.6 Å². The van der Waals surface area contributed by atoms with Gasteiger partial charge >= 0.3 is 0 Å². The van der Waals surface area contributed by atoms with E-state index in [1.807, 2.05) is 0 Å². The molecule has 0 unspecified atom stereocenters. The minimum Gasteiger partial charge on any atom is -0.496 e. The first-order chi connectivity index (χ1) is 11.6. The topological polar surface area (TPSA) is 58.6 Å². The number of ether oxygens (including phenoxy) is 1. The molecule has 0 heterocycles. The lowest BCUT2D eigenvalue weighted by molar-refractivity contribution is -0.117. The molecule has 1 N–H and O–H groups in total. The number of rotatable bonds is 5. The summed E-state index contributed by atoms with van der Waals surface area (Å²) in [5.41, 5.74) is 1.73. The molecule has 0 aromatic heterocycles. The maximum Gasteiger partial charge on any atom is 0.255 e. The van der Waals surface area contributed by atoms with Gasteiger partial charge in [-0.05, 0) is 30.3 Å². The Balaban J connectivity index is 2.02. The van der Waals surface area contributed by atoms with Crippen LogP contribution in [-0.2, 0) is 4.79 Å². The van der Waals surface area contributed by atoms with E-state index in [2.05, 4.69) is 11.2 Å². The van der Waals surface area contributed by atoms with Crippen molar-refractivity contribution in [3.63, 3.8) is 0 Å². The minimum absolute atomic E-state index is 0.131. The van der Waals surface area contributed by atoms with Gasteiger partial charge in [-0.25, -0.2) is 0 Å². The minimum atomic E-state index is -0.369. The fourth-order valence-corrected chi connectivity index (χ4v) is 2.15. The molecular formula is C19H18N2O3. The van der Waals surface area contributed by atoms with Crippen LogP contribution in [0.5, 0.6) is 5.75 Å². The van der Waals surface area contributed by atoms with Gasteiger partial charge < -0.3 is 15.0 Å². The summed E-state index contributed by atoms with van der Waals surface area (Å²) in [6.07, 6.45) is 5.36. The quantitative estimate of drug-likeness (QED) is 0.857. The highest BCUT2D eigenvalue weighted by Gasteiger charge is 2.15. The van der Waals surface area contributed by atoms with Gasteiger partial charge in [0, 0.05) is 18.3 Å². The van der Waals surface area contributed by atoms with Gasteiger partial charge in [-0.3, -0.25) is 9.59 Å². The zero-order valence-electron chi connectivity index (χ0n) is 13.6. The third-order valence-corrected chi connectivity index (χ3v) is 3.53. The van der Waals surface area contributed by atoms with Crippen molar-refractivity contribution < 1.29 is 14.3 Å². The maximum atomic E-state index is 12.3. The van der Waals surface area contributed by atoms with E-state index in [-0.39, 0.29) is 18.4 Å². The average molecular weight is 322 g/mol. The molecule has 24 heavy (non-hydrogen) atoms. The summed E-state index contributed by atoms with van der Waals surface area (Å²) in [4.78, 5) is 25.9. The van der Waals surface area contributed by atoms with Gasteiger partial charge in [0.2, 0.25) is 5.91 Å². The first-order valence-corrected chi connectivity index (χ1v) is 7.31.